The van der Waals surface area contributed by atoms with Crippen molar-refractivity contribution < 1.29 is 47.6 Å². The number of nitrogens with zero attached hydrogens (tertiary/aromatic N) is 1. The average molecular weight is 404 g/mol. The third-order valence-electron chi connectivity index (χ3n) is 3.07. The predicted octanol–water partition coefficient (Wildman–Crippen LogP) is -2.62. The van der Waals surface area contributed by atoms with Gasteiger partial charge in [-0.05, 0) is 0 Å². The second-order valence-corrected chi connectivity index (χ2v) is 7.73. The number of phosphoric ester groups is 1. The molecule has 0 aliphatic carbocycles. The average Bonchev–Trinajstić information content (AvgIpc) is 2.71. The zero-order valence-electron chi connectivity index (χ0n) is 12.1. The van der Waals surface area contributed by atoms with Crippen molar-refractivity contribution in [1.29, 1.82) is 0 Å². The quantitative estimate of drug-likeness (QED) is 0.269. The van der Waals surface area contributed by atoms with Crippen molar-refractivity contribution in [1.82, 2.24) is 9.55 Å². The Morgan fingerprint density at radius 3 is 2.40 bits per heavy atom. The maximum absolute atomic E-state index is 11.7. The second kappa shape index (κ2) is 7.21. The van der Waals surface area contributed by atoms with E-state index in [4.69, 9.17) is 19.4 Å². The normalized spacial score (nSPS) is 29.5. The zero-order chi connectivity index (χ0) is 19.0. The maximum atomic E-state index is 11.7. The van der Waals surface area contributed by atoms with E-state index in [-0.39, 0.29) is 0 Å². The lowest BCUT2D eigenvalue weighted by molar-refractivity contribution is -0.0542. The minimum Gasteiger partial charge on any atom is -0.387 e. The topological polar surface area (TPSA) is 218 Å². The van der Waals surface area contributed by atoms with Crippen molar-refractivity contribution in [2.45, 2.75) is 24.5 Å². The van der Waals surface area contributed by atoms with E-state index in [1.807, 2.05) is 4.98 Å². The number of ether oxygens (including phenoxy) is 1. The van der Waals surface area contributed by atoms with Crippen LogP contribution in [-0.4, -0.2) is 59.4 Å². The van der Waals surface area contributed by atoms with E-state index < -0.39 is 58.0 Å². The highest BCUT2D eigenvalue weighted by atomic mass is 31.3. The fourth-order valence-corrected chi connectivity index (χ4v) is 3.65. The lowest BCUT2D eigenvalue weighted by Crippen LogP contribution is -2.37. The van der Waals surface area contributed by atoms with Gasteiger partial charge in [-0.15, -0.1) is 0 Å². The van der Waals surface area contributed by atoms with Crippen LogP contribution in [0.2, 0.25) is 0 Å². The van der Waals surface area contributed by atoms with Gasteiger partial charge >= 0.3 is 21.3 Å². The molecule has 5 atom stereocenters. The molecule has 1 aliphatic rings. The molecule has 2 heterocycles. The fourth-order valence-electron chi connectivity index (χ4n) is 2.05. The Bertz CT molecular complexity index is 828. The van der Waals surface area contributed by atoms with Crippen LogP contribution >= 0.6 is 15.6 Å². The number of phosphoric acid groups is 2. The van der Waals surface area contributed by atoms with E-state index in [0.717, 1.165) is 16.8 Å². The third kappa shape index (κ3) is 5.15. The van der Waals surface area contributed by atoms with Gasteiger partial charge in [0.25, 0.3) is 5.56 Å². The van der Waals surface area contributed by atoms with Gasteiger partial charge in [-0.1, -0.05) is 0 Å². The summed E-state index contributed by atoms with van der Waals surface area (Å²) in [6.07, 6.45) is -5.25. The number of hydrogen-bond donors (Lipinski definition) is 6. The van der Waals surface area contributed by atoms with Crippen LogP contribution in [0.4, 0.5) is 0 Å². The molecule has 1 aromatic rings. The summed E-state index contributed by atoms with van der Waals surface area (Å²) in [4.78, 5) is 50.7. The summed E-state index contributed by atoms with van der Waals surface area (Å²) in [5.41, 5.74) is -1.65. The molecule has 1 fully saturated rings. The summed E-state index contributed by atoms with van der Waals surface area (Å²) in [7, 11) is -10.5. The summed E-state index contributed by atoms with van der Waals surface area (Å²) in [6.45, 7) is -0.902. The molecular weight excluding hydrogens is 390 g/mol. The number of aromatic nitrogens is 2. The molecule has 16 heteroatoms. The van der Waals surface area contributed by atoms with Crippen LogP contribution in [0.1, 0.15) is 6.23 Å². The molecule has 0 bridgehead atoms. The SMILES string of the molecule is O=c1ccn([C@@H]2O[C@@H](COP(=O)(O)OP(=O)(O)O)[C@@H](O)[C@@H]2O)c(=O)[nH]1. The Morgan fingerprint density at radius 1 is 1.20 bits per heavy atom. The number of aliphatic hydroxyl groups is 2. The highest BCUT2D eigenvalue weighted by Gasteiger charge is 2.45. The Kier molecular flexibility index (Phi) is 5.81. The number of aliphatic hydroxyl groups excluding tert-OH is 2. The first-order chi connectivity index (χ1) is 11.4. The molecule has 0 spiro atoms. The van der Waals surface area contributed by atoms with E-state index in [0.29, 0.717) is 0 Å². The van der Waals surface area contributed by atoms with Crippen LogP contribution in [0.15, 0.2) is 21.9 Å². The molecule has 0 aromatic carbocycles. The standard InChI is InChI=1S/C9H14N2O12P2/c12-5-1-2-11(9(15)10-5)8-7(14)6(13)4(22-8)3-21-25(19,20)23-24(16,17)18/h1-2,4,6-8,13-14H,3H2,(H,19,20)(H,10,12,15)(H2,16,17,18)/t4-,6+,7-,8+/m0/s1. The Balaban J connectivity index is 2.09. The van der Waals surface area contributed by atoms with Gasteiger partial charge in [0.2, 0.25) is 0 Å². The minimum absolute atomic E-state index is 0.704. The second-order valence-electron chi connectivity index (χ2n) is 4.90. The van der Waals surface area contributed by atoms with E-state index >= 15 is 0 Å². The smallest absolute Gasteiger partial charge is 0.387 e. The van der Waals surface area contributed by atoms with Crippen molar-refractivity contribution >= 4 is 15.6 Å². The van der Waals surface area contributed by atoms with Crippen molar-refractivity contribution in [2.24, 2.45) is 0 Å². The van der Waals surface area contributed by atoms with Gasteiger partial charge in [0.05, 0.1) is 6.61 Å². The summed E-state index contributed by atoms with van der Waals surface area (Å²) in [5.74, 6) is 0. The van der Waals surface area contributed by atoms with Gasteiger partial charge in [0.15, 0.2) is 6.23 Å². The third-order valence-corrected chi connectivity index (χ3v) is 5.23. The summed E-state index contributed by atoms with van der Waals surface area (Å²) >= 11 is 0. The number of H-pyrrole nitrogens is 1. The van der Waals surface area contributed by atoms with Crippen molar-refractivity contribution in [3.63, 3.8) is 0 Å². The first-order valence-electron chi connectivity index (χ1n) is 6.47. The molecule has 6 N–H and O–H groups in total. The molecule has 14 nitrogen and oxygen atoms in total. The molecule has 25 heavy (non-hydrogen) atoms. The van der Waals surface area contributed by atoms with Crippen LogP contribution in [0, 0.1) is 0 Å². The largest absolute Gasteiger partial charge is 0.481 e. The maximum Gasteiger partial charge on any atom is 0.481 e. The lowest BCUT2D eigenvalue weighted by Gasteiger charge is -2.17. The molecule has 2 rings (SSSR count). The number of rotatable bonds is 6. The Labute approximate surface area is 138 Å². The molecule has 142 valence electrons. The van der Waals surface area contributed by atoms with Crippen LogP contribution in [-0.2, 0) is 22.7 Å². The highest BCUT2D eigenvalue weighted by Crippen LogP contribution is 2.57. The van der Waals surface area contributed by atoms with Crippen molar-refractivity contribution in [3.05, 3.63) is 33.1 Å². The van der Waals surface area contributed by atoms with Crippen LogP contribution < -0.4 is 11.2 Å². The summed E-state index contributed by atoms with van der Waals surface area (Å²) in [5, 5.41) is 19.8. The van der Waals surface area contributed by atoms with Crippen LogP contribution in [0.25, 0.3) is 0 Å². The first-order valence-corrected chi connectivity index (χ1v) is 9.49. The van der Waals surface area contributed by atoms with E-state index in [1.54, 1.807) is 0 Å². The van der Waals surface area contributed by atoms with Gasteiger partial charge in [0, 0.05) is 12.3 Å². The van der Waals surface area contributed by atoms with Crippen molar-refractivity contribution in [2.75, 3.05) is 6.61 Å². The molecule has 0 amide bonds. The Morgan fingerprint density at radius 2 is 1.84 bits per heavy atom. The van der Waals surface area contributed by atoms with Crippen LogP contribution in [0.5, 0.6) is 0 Å². The highest BCUT2D eigenvalue weighted by molar-refractivity contribution is 7.60. The van der Waals surface area contributed by atoms with Gasteiger partial charge in [-0.25, -0.2) is 13.9 Å². The predicted molar refractivity (Wildman–Crippen MR) is 76.2 cm³/mol. The van der Waals surface area contributed by atoms with E-state index in [1.165, 1.54) is 0 Å². The van der Waals surface area contributed by atoms with Gasteiger partial charge in [-0.3, -0.25) is 18.9 Å². The molecular formula is C9H14N2O12P2. The fraction of sp³-hybridized carbons (Fsp3) is 0.556. The van der Waals surface area contributed by atoms with Gasteiger partial charge in [-0.2, -0.15) is 4.31 Å². The molecule has 0 radical (unpaired) electrons. The lowest BCUT2D eigenvalue weighted by atomic mass is 10.1. The number of hydrogen-bond acceptors (Lipinski definition) is 9. The zero-order valence-corrected chi connectivity index (χ0v) is 13.9. The van der Waals surface area contributed by atoms with E-state index in [9.17, 15) is 28.9 Å². The number of aromatic amines is 1. The Hall–Kier alpha value is -1.18. The molecule has 1 saturated heterocycles. The first kappa shape index (κ1) is 20.1. The van der Waals surface area contributed by atoms with Gasteiger partial charge < -0.3 is 29.6 Å². The minimum atomic E-state index is -5.32. The summed E-state index contributed by atoms with van der Waals surface area (Å²) in [6, 6.07) is 0.962. The van der Waals surface area contributed by atoms with Gasteiger partial charge in [0.1, 0.15) is 18.3 Å². The number of nitrogens with one attached hydrogen (secondary N) is 1. The van der Waals surface area contributed by atoms with E-state index in [2.05, 4.69) is 8.83 Å². The molecule has 1 unspecified atom stereocenters. The molecule has 1 aromatic heterocycles. The van der Waals surface area contributed by atoms with Crippen molar-refractivity contribution in [3.8, 4) is 0 Å². The molecule has 0 saturated carbocycles. The summed E-state index contributed by atoms with van der Waals surface area (Å²) < 4.78 is 35.6. The van der Waals surface area contributed by atoms with Crippen LogP contribution in [0.3, 0.4) is 0 Å². The monoisotopic (exact) mass is 404 g/mol. The molecule has 1 aliphatic heterocycles.